The number of nitro groups is 1. The first kappa shape index (κ1) is 12.3. The zero-order valence-electron chi connectivity index (χ0n) is 9.12. The van der Waals surface area contributed by atoms with E-state index in [1.165, 1.54) is 12.1 Å². The average Bonchev–Trinajstić information content (AvgIpc) is 2.96. The van der Waals surface area contributed by atoms with Crippen molar-refractivity contribution in [2.24, 2.45) is 4.99 Å². The van der Waals surface area contributed by atoms with Crippen molar-refractivity contribution in [3.05, 3.63) is 34.0 Å². The van der Waals surface area contributed by atoms with Crippen molar-refractivity contribution < 1.29 is 9.45 Å². The second-order valence-electron chi connectivity index (χ2n) is 3.63. The number of amidine groups is 1. The van der Waals surface area contributed by atoms with Crippen molar-refractivity contribution in [3.63, 3.8) is 0 Å². The molecule has 1 N–H and O–H groups in total. The summed E-state index contributed by atoms with van der Waals surface area (Å²) in [6.07, 6.45) is 0. The summed E-state index contributed by atoms with van der Waals surface area (Å²) in [5, 5.41) is 18.3. The lowest BCUT2D eigenvalue weighted by Gasteiger charge is -1.96. The van der Waals surface area contributed by atoms with Crippen LogP contribution in [0.2, 0.25) is 0 Å². The van der Waals surface area contributed by atoms with Crippen LogP contribution in [0.4, 0.5) is 5.69 Å². The fraction of sp³-hybridized carbons (Fsp3) is 0.200. The van der Waals surface area contributed by atoms with Crippen LogP contribution in [-0.2, 0) is 0 Å². The SMILES string of the molecule is Cl.O=[N+]([O-])c1ccc2c(C3=NCCN3)noc2c1. The molecule has 1 aromatic heterocycles. The number of nitro benzene ring substituents is 1. The summed E-state index contributed by atoms with van der Waals surface area (Å²) in [6.45, 7) is 1.48. The van der Waals surface area contributed by atoms with Gasteiger partial charge < -0.3 is 9.84 Å². The molecule has 7 nitrogen and oxygen atoms in total. The minimum absolute atomic E-state index is 0. The normalized spacial score (nSPS) is 13.9. The molecule has 0 radical (unpaired) electrons. The van der Waals surface area contributed by atoms with Crippen LogP contribution < -0.4 is 5.32 Å². The molecule has 94 valence electrons. The van der Waals surface area contributed by atoms with Gasteiger partial charge in [-0.1, -0.05) is 5.16 Å². The highest BCUT2D eigenvalue weighted by Crippen LogP contribution is 2.24. The maximum absolute atomic E-state index is 10.6. The molecule has 8 heteroatoms. The second kappa shape index (κ2) is 4.61. The van der Waals surface area contributed by atoms with E-state index in [1.54, 1.807) is 6.07 Å². The summed E-state index contributed by atoms with van der Waals surface area (Å²) in [5.74, 6) is 0.678. The summed E-state index contributed by atoms with van der Waals surface area (Å²) < 4.78 is 5.08. The van der Waals surface area contributed by atoms with Gasteiger partial charge in [-0.05, 0) is 6.07 Å². The third kappa shape index (κ3) is 1.88. The average molecular weight is 269 g/mol. The molecule has 0 fully saturated rings. The minimum Gasteiger partial charge on any atom is -0.367 e. The van der Waals surface area contributed by atoms with Gasteiger partial charge >= 0.3 is 0 Å². The van der Waals surface area contributed by atoms with Gasteiger partial charge in [0.15, 0.2) is 17.1 Å². The Hall–Kier alpha value is -2.15. The van der Waals surface area contributed by atoms with E-state index in [4.69, 9.17) is 4.52 Å². The molecule has 0 aliphatic carbocycles. The van der Waals surface area contributed by atoms with Crippen LogP contribution >= 0.6 is 12.4 Å². The Labute approximate surface area is 107 Å². The number of fused-ring (bicyclic) bond motifs is 1. The van der Waals surface area contributed by atoms with Crippen molar-refractivity contribution in [1.82, 2.24) is 10.5 Å². The molecule has 1 aromatic carbocycles. The Morgan fingerprint density at radius 3 is 2.94 bits per heavy atom. The first-order valence-electron chi connectivity index (χ1n) is 5.08. The molecule has 0 unspecified atom stereocenters. The summed E-state index contributed by atoms with van der Waals surface area (Å²) in [7, 11) is 0. The van der Waals surface area contributed by atoms with E-state index in [0.717, 1.165) is 11.9 Å². The molecular weight excluding hydrogens is 260 g/mol. The van der Waals surface area contributed by atoms with E-state index in [2.05, 4.69) is 15.5 Å². The molecule has 1 aliphatic heterocycles. The van der Waals surface area contributed by atoms with E-state index in [1.807, 2.05) is 0 Å². The number of nitrogens with zero attached hydrogens (tertiary/aromatic N) is 3. The van der Waals surface area contributed by atoms with E-state index in [-0.39, 0.29) is 18.1 Å². The highest BCUT2D eigenvalue weighted by atomic mass is 35.5. The zero-order chi connectivity index (χ0) is 11.8. The molecule has 3 rings (SSSR count). The van der Waals surface area contributed by atoms with E-state index in [0.29, 0.717) is 23.7 Å². The first-order valence-corrected chi connectivity index (χ1v) is 5.08. The number of benzene rings is 1. The molecule has 0 spiro atoms. The highest BCUT2D eigenvalue weighted by Gasteiger charge is 2.18. The predicted octanol–water partition coefficient (Wildman–Crippen LogP) is 1.51. The summed E-state index contributed by atoms with van der Waals surface area (Å²) >= 11 is 0. The Bertz CT molecular complexity index is 637. The number of hydrogen-bond donors (Lipinski definition) is 1. The van der Waals surface area contributed by atoms with Gasteiger partial charge in [-0.25, -0.2) is 0 Å². The van der Waals surface area contributed by atoms with E-state index in [9.17, 15) is 10.1 Å². The largest absolute Gasteiger partial charge is 0.367 e. The van der Waals surface area contributed by atoms with Crippen LogP contribution in [0.5, 0.6) is 0 Å². The summed E-state index contributed by atoms with van der Waals surface area (Å²) in [6, 6.07) is 4.42. The fourth-order valence-corrected chi connectivity index (χ4v) is 1.77. The third-order valence-electron chi connectivity index (χ3n) is 2.56. The smallest absolute Gasteiger partial charge is 0.273 e. The monoisotopic (exact) mass is 268 g/mol. The summed E-state index contributed by atoms with van der Waals surface area (Å²) in [5.41, 5.74) is 0.986. The first-order chi connectivity index (χ1) is 8.25. The van der Waals surface area contributed by atoms with Crippen LogP contribution in [0.1, 0.15) is 5.69 Å². The Morgan fingerprint density at radius 2 is 2.28 bits per heavy atom. The number of non-ortho nitro benzene ring substituents is 1. The Morgan fingerprint density at radius 1 is 1.44 bits per heavy atom. The zero-order valence-corrected chi connectivity index (χ0v) is 9.94. The van der Waals surface area contributed by atoms with Crippen LogP contribution in [0.25, 0.3) is 11.0 Å². The van der Waals surface area contributed by atoms with Gasteiger partial charge in [-0.15, -0.1) is 12.4 Å². The van der Waals surface area contributed by atoms with Crippen molar-refractivity contribution >= 4 is 34.9 Å². The highest BCUT2D eigenvalue weighted by molar-refractivity contribution is 6.07. The molecular formula is C10H9ClN4O3. The Balaban J connectivity index is 0.00000120. The molecule has 1 aliphatic rings. The number of rotatable bonds is 2. The molecule has 0 saturated heterocycles. The topological polar surface area (TPSA) is 93.6 Å². The van der Waals surface area contributed by atoms with Crippen molar-refractivity contribution in [2.75, 3.05) is 13.1 Å². The van der Waals surface area contributed by atoms with Crippen molar-refractivity contribution in [2.45, 2.75) is 0 Å². The number of hydrogen-bond acceptors (Lipinski definition) is 6. The van der Waals surface area contributed by atoms with Gasteiger partial charge in [0.25, 0.3) is 5.69 Å². The number of halogens is 1. The maximum atomic E-state index is 10.6. The number of nitrogens with one attached hydrogen (secondary N) is 1. The molecule has 0 atom stereocenters. The van der Waals surface area contributed by atoms with Gasteiger partial charge in [0, 0.05) is 12.6 Å². The van der Waals surface area contributed by atoms with Gasteiger partial charge in [0.2, 0.25) is 0 Å². The van der Waals surface area contributed by atoms with Gasteiger partial charge in [0.05, 0.1) is 22.9 Å². The maximum Gasteiger partial charge on any atom is 0.273 e. The number of aliphatic imine (C=N–C) groups is 1. The molecule has 2 heterocycles. The molecule has 0 amide bonds. The van der Waals surface area contributed by atoms with E-state index < -0.39 is 4.92 Å². The van der Waals surface area contributed by atoms with Gasteiger partial charge in [-0.3, -0.25) is 15.1 Å². The lowest BCUT2D eigenvalue weighted by molar-refractivity contribution is -0.384. The third-order valence-corrected chi connectivity index (χ3v) is 2.56. The predicted molar refractivity (Wildman–Crippen MR) is 67.3 cm³/mol. The van der Waals surface area contributed by atoms with Gasteiger partial charge in [-0.2, -0.15) is 0 Å². The lowest BCUT2D eigenvalue weighted by atomic mass is 10.2. The molecule has 0 saturated carbocycles. The number of aromatic nitrogens is 1. The molecule has 0 bridgehead atoms. The standard InChI is InChI=1S/C10H8N4O3.ClH/c15-14(16)6-1-2-7-8(5-6)17-13-9(7)10-11-3-4-12-10;/h1-2,5H,3-4H2,(H,11,12);1H. The van der Waals surface area contributed by atoms with Crippen LogP contribution in [0, 0.1) is 10.1 Å². The van der Waals surface area contributed by atoms with E-state index >= 15 is 0 Å². The quantitative estimate of drug-likeness (QED) is 0.658. The minimum atomic E-state index is -0.465. The lowest BCUT2D eigenvalue weighted by Crippen LogP contribution is -2.19. The summed E-state index contributed by atoms with van der Waals surface area (Å²) in [4.78, 5) is 14.4. The fourth-order valence-electron chi connectivity index (χ4n) is 1.77. The van der Waals surface area contributed by atoms with Crippen molar-refractivity contribution in [3.8, 4) is 0 Å². The van der Waals surface area contributed by atoms with Crippen LogP contribution in [0.15, 0.2) is 27.7 Å². The molecule has 2 aromatic rings. The molecule has 18 heavy (non-hydrogen) atoms. The van der Waals surface area contributed by atoms with Crippen LogP contribution in [0.3, 0.4) is 0 Å². The van der Waals surface area contributed by atoms with Gasteiger partial charge in [0.1, 0.15) is 0 Å². The second-order valence-corrected chi connectivity index (χ2v) is 3.63. The Kier molecular flexibility index (Phi) is 3.15. The van der Waals surface area contributed by atoms with Crippen LogP contribution in [-0.4, -0.2) is 29.0 Å². The van der Waals surface area contributed by atoms with Crippen molar-refractivity contribution in [1.29, 1.82) is 0 Å².